The Morgan fingerprint density at radius 2 is 1.75 bits per heavy atom. The second kappa shape index (κ2) is 12.0. The van der Waals surface area contributed by atoms with Crippen LogP contribution in [0, 0.1) is 6.92 Å². The van der Waals surface area contributed by atoms with Crippen molar-refractivity contribution < 1.29 is 9.59 Å². The first-order valence-electron chi connectivity index (χ1n) is 11.1. The Morgan fingerprint density at radius 3 is 2.41 bits per heavy atom. The van der Waals surface area contributed by atoms with E-state index in [4.69, 9.17) is 23.2 Å². The molecule has 3 rings (SSSR count). The molecular formula is C25H30Cl2N2O2S. The van der Waals surface area contributed by atoms with Gasteiger partial charge in [-0.05, 0) is 56.5 Å². The summed E-state index contributed by atoms with van der Waals surface area (Å²) >= 11 is 13.7. The molecule has 172 valence electrons. The van der Waals surface area contributed by atoms with Crippen LogP contribution in [0.15, 0.2) is 47.4 Å². The van der Waals surface area contributed by atoms with Crippen LogP contribution in [0.2, 0.25) is 10.0 Å². The summed E-state index contributed by atoms with van der Waals surface area (Å²) in [6, 6.07) is 13.0. The second-order valence-corrected chi connectivity index (χ2v) is 10.3. The topological polar surface area (TPSA) is 49.4 Å². The number of carbonyl (C=O) groups excluding carboxylic acids is 2. The van der Waals surface area contributed by atoms with Gasteiger partial charge in [0.05, 0.1) is 15.8 Å². The van der Waals surface area contributed by atoms with E-state index in [1.54, 1.807) is 24.0 Å². The lowest BCUT2D eigenvalue weighted by molar-refractivity contribution is -0.139. The monoisotopic (exact) mass is 492 g/mol. The highest BCUT2D eigenvalue weighted by Gasteiger charge is 2.28. The average Bonchev–Trinajstić information content (AvgIpc) is 2.79. The van der Waals surface area contributed by atoms with Crippen LogP contribution < -0.4 is 5.32 Å². The number of rotatable bonds is 8. The number of hydrogen-bond acceptors (Lipinski definition) is 3. The SMILES string of the molecule is Cc1ccc(SCC(=O)N(Cc2ccc(Cl)c(Cl)c2)[C@H](C)C(=O)NC2CCCCC2)cc1. The van der Waals surface area contributed by atoms with Crippen molar-refractivity contribution in [1.29, 1.82) is 0 Å². The molecule has 1 atom stereocenters. The Hall–Kier alpha value is -1.69. The van der Waals surface area contributed by atoms with Gasteiger partial charge in [-0.1, -0.05) is 66.2 Å². The van der Waals surface area contributed by atoms with Gasteiger partial charge in [0.15, 0.2) is 0 Å². The molecule has 1 aliphatic rings. The zero-order chi connectivity index (χ0) is 23.1. The summed E-state index contributed by atoms with van der Waals surface area (Å²) in [4.78, 5) is 28.9. The Bertz CT molecular complexity index is 930. The zero-order valence-electron chi connectivity index (χ0n) is 18.6. The van der Waals surface area contributed by atoms with Crippen LogP contribution in [-0.2, 0) is 16.1 Å². The fourth-order valence-electron chi connectivity index (χ4n) is 3.85. The zero-order valence-corrected chi connectivity index (χ0v) is 20.9. The summed E-state index contributed by atoms with van der Waals surface area (Å²) in [7, 11) is 0. The van der Waals surface area contributed by atoms with Crippen molar-refractivity contribution in [2.24, 2.45) is 0 Å². The molecule has 1 N–H and O–H groups in total. The fourth-order valence-corrected chi connectivity index (χ4v) is 4.95. The lowest BCUT2D eigenvalue weighted by atomic mass is 9.95. The molecular weight excluding hydrogens is 463 g/mol. The van der Waals surface area contributed by atoms with Gasteiger partial charge in [-0.25, -0.2) is 0 Å². The molecule has 1 fully saturated rings. The number of nitrogens with zero attached hydrogens (tertiary/aromatic N) is 1. The molecule has 1 saturated carbocycles. The van der Waals surface area contributed by atoms with E-state index in [2.05, 4.69) is 5.32 Å². The van der Waals surface area contributed by atoms with Gasteiger partial charge in [0.2, 0.25) is 11.8 Å². The van der Waals surface area contributed by atoms with E-state index in [0.29, 0.717) is 16.6 Å². The molecule has 0 heterocycles. The third-order valence-corrected chi connectivity index (χ3v) is 7.57. The van der Waals surface area contributed by atoms with Gasteiger partial charge in [0, 0.05) is 17.5 Å². The van der Waals surface area contributed by atoms with Gasteiger partial charge in [-0.15, -0.1) is 11.8 Å². The third-order valence-electron chi connectivity index (χ3n) is 5.84. The van der Waals surface area contributed by atoms with Gasteiger partial charge < -0.3 is 10.2 Å². The molecule has 4 nitrogen and oxygen atoms in total. The molecule has 0 spiro atoms. The van der Waals surface area contributed by atoms with Crippen LogP contribution in [0.1, 0.15) is 50.2 Å². The van der Waals surface area contributed by atoms with E-state index in [-0.39, 0.29) is 23.6 Å². The van der Waals surface area contributed by atoms with Crippen LogP contribution in [0.25, 0.3) is 0 Å². The second-order valence-electron chi connectivity index (χ2n) is 8.39. The summed E-state index contributed by atoms with van der Waals surface area (Å²) in [6.07, 6.45) is 5.50. The van der Waals surface area contributed by atoms with Crippen molar-refractivity contribution in [3.63, 3.8) is 0 Å². The maximum atomic E-state index is 13.2. The Kier molecular flexibility index (Phi) is 9.33. The highest BCUT2D eigenvalue weighted by molar-refractivity contribution is 8.00. The van der Waals surface area contributed by atoms with Crippen LogP contribution in [0.3, 0.4) is 0 Å². The molecule has 7 heteroatoms. The number of nitrogens with one attached hydrogen (secondary N) is 1. The van der Waals surface area contributed by atoms with Crippen LogP contribution in [0.4, 0.5) is 0 Å². The number of carbonyl (C=O) groups is 2. The van der Waals surface area contributed by atoms with Crippen molar-refractivity contribution in [1.82, 2.24) is 10.2 Å². The van der Waals surface area contributed by atoms with E-state index in [1.807, 2.05) is 37.3 Å². The molecule has 0 aromatic heterocycles. The summed E-state index contributed by atoms with van der Waals surface area (Å²) in [5, 5.41) is 4.05. The Balaban J connectivity index is 1.72. The first-order chi connectivity index (χ1) is 15.3. The lowest BCUT2D eigenvalue weighted by Gasteiger charge is -2.31. The van der Waals surface area contributed by atoms with E-state index in [9.17, 15) is 9.59 Å². The molecule has 2 aromatic rings. The predicted molar refractivity (Wildman–Crippen MR) is 133 cm³/mol. The minimum atomic E-state index is -0.586. The predicted octanol–water partition coefficient (Wildman–Crippen LogP) is 6.26. The number of halogens is 2. The number of hydrogen-bond donors (Lipinski definition) is 1. The molecule has 0 bridgehead atoms. The van der Waals surface area contributed by atoms with Crippen LogP contribution >= 0.6 is 35.0 Å². The Morgan fingerprint density at radius 1 is 1.06 bits per heavy atom. The van der Waals surface area contributed by atoms with E-state index >= 15 is 0 Å². The van der Waals surface area contributed by atoms with Crippen LogP contribution in [0.5, 0.6) is 0 Å². The summed E-state index contributed by atoms with van der Waals surface area (Å²) in [6.45, 7) is 4.12. The molecule has 0 unspecified atom stereocenters. The Labute approximate surface area is 205 Å². The minimum Gasteiger partial charge on any atom is -0.352 e. The van der Waals surface area contributed by atoms with Gasteiger partial charge in [0.25, 0.3) is 0 Å². The van der Waals surface area contributed by atoms with Crippen molar-refractivity contribution in [2.45, 2.75) is 69.5 Å². The van der Waals surface area contributed by atoms with Gasteiger partial charge in [-0.3, -0.25) is 9.59 Å². The standard InChI is InChI=1S/C25H30Cl2N2O2S/c1-17-8-11-21(12-9-17)32-16-24(30)29(15-19-10-13-22(26)23(27)14-19)18(2)25(31)28-20-6-4-3-5-7-20/h8-14,18,20H,3-7,15-16H2,1-2H3,(H,28,31)/t18-/m1/s1. The first-order valence-corrected chi connectivity index (χ1v) is 12.8. The molecule has 1 aliphatic carbocycles. The van der Waals surface area contributed by atoms with Gasteiger partial charge >= 0.3 is 0 Å². The van der Waals surface area contributed by atoms with Gasteiger partial charge in [0.1, 0.15) is 6.04 Å². The fraction of sp³-hybridized carbons (Fsp3) is 0.440. The van der Waals surface area contributed by atoms with Gasteiger partial charge in [-0.2, -0.15) is 0 Å². The highest BCUT2D eigenvalue weighted by Crippen LogP contribution is 2.25. The lowest BCUT2D eigenvalue weighted by Crippen LogP contribution is -2.50. The molecule has 32 heavy (non-hydrogen) atoms. The number of aryl methyl sites for hydroxylation is 1. The largest absolute Gasteiger partial charge is 0.352 e. The number of amides is 2. The van der Waals surface area contributed by atoms with Crippen molar-refractivity contribution in [3.8, 4) is 0 Å². The molecule has 0 aliphatic heterocycles. The smallest absolute Gasteiger partial charge is 0.242 e. The number of thioether (sulfide) groups is 1. The molecule has 0 radical (unpaired) electrons. The van der Waals surface area contributed by atoms with E-state index in [0.717, 1.165) is 36.1 Å². The summed E-state index contributed by atoms with van der Waals surface area (Å²) < 4.78 is 0. The van der Waals surface area contributed by atoms with Crippen LogP contribution in [-0.4, -0.2) is 34.6 Å². The normalized spacial score (nSPS) is 15.2. The van der Waals surface area contributed by atoms with Crippen molar-refractivity contribution in [2.75, 3.05) is 5.75 Å². The average molecular weight is 494 g/mol. The molecule has 2 aromatic carbocycles. The third kappa shape index (κ3) is 7.16. The summed E-state index contributed by atoms with van der Waals surface area (Å²) in [5.41, 5.74) is 2.01. The highest BCUT2D eigenvalue weighted by atomic mass is 35.5. The maximum Gasteiger partial charge on any atom is 0.242 e. The quantitative estimate of drug-likeness (QED) is 0.442. The van der Waals surface area contributed by atoms with Crippen molar-refractivity contribution >= 4 is 46.8 Å². The maximum absolute atomic E-state index is 13.2. The van der Waals surface area contributed by atoms with E-state index < -0.39 is 6.04 Å². The first kappa shape index (κ1) is 24.9. The van der Waals surface area contributed by atoms with E-state index in [1.165, 1.54) is 23.7 Å². The molecule has 2 amide bonds. The summed E-state index contributed by atoms with van der Waals surface area (Å²) in [5.74, 6) is 0.0596. The minimum absolute atomic E-state index is 0.0899. The van der Waals surface area contributed by atoms with Crippen molar-refractivity contribution in [3.05, 3.63) is 63.6 Å². The number of benzene rings is 2. The molecule has 0 saturated heterocycles.